The lowest BCUT2D eigenvalue weighted by Gasteiger charge is -2.11. The van der Waals surface area contributed by atoms with Gasteiger partial charge in [0.1, 0.15) is 11.9 Å². The van der Waals surface area contributed by atoms with E-state index in [1.807, 2.05) is 23.6 Å². The maximum atomic E-state index is 12.0. The molecule has 3 N–H and O–H groups in total. The lowest BCUT2D eigenvalue weighted by atomic mass is 10.2. The molecule has 2 aromatic heterocycles. The number of furan rings is 1. The van der Waals surface area contributed by atoms with Gasteiger partial charge in [-0.05, 0) is 30.3 Å². The molecule has 1 aromatic carbocycles. The fraction of sp³-hybridized carbons (Fsp3) is 0.167. The fourth-order valence-corrected chi connectivity index (χ4v) is 3.42. The number of aliphatic hydroxyl groups is 1. The van der Waals surface area contributed by atoms with Crippen LogP contribution in [0.5, 0.6) is 11.5 Å². The molecular weight excluding hydrogens is 356 g/mol. The zero-order valence-electron chi connectivity index (χ0n) is 13.6. The van der Waals surface area contributed by atoms with Crippen LogP contribution in [0.3, 0.4) is 0 Å². The summed E-state index contributed by atoms with van der Waals surface area (Å²) in [5.41, 5.74) is 1.48. The van der Waals surface area contributed by atoms with Crippen molar-refractivity contribution in [2.24, 2.45) is 0 Å². The summed E-state index contributed by atoms with van der Waals surface area (Å²) in [4.78, 5) is 12.8. The van der Waals surface area contributed by atoms with Crippen molar-refractivity contribution in [3.05, 3.63) is 52.9 Å². The highest BCUT2D eigenvalue weighted by molar-refractivity contribution is 7.10. The number of ether oxygens (including phenoxy) is 2. The van der Waals surface area contributed by atoms with Gasteiger partial charge >= 0.3 is 6.03 Å². The van der Waals surface area contributed by atoms with Crippen LogP contribution in [0.4, 0.5) is 10.5 Å². The first-order valence-electron chi connectivity index (χ1n) is 7.94. The predicted octanol–water partition coefficient (Wildman–Crippen LogP) is 3.59. The van der Waals surface area contributed by atoms with Gasteiger partial charge in [0.25, 0.3) is 0 Å². The zero-order valence-corrected chi connectivity index (χ0v) is 14.4. The SMILES string of the molecule is O=C(NCC(O)c1cc(-c2ccco2)cs1)Nc1ccc2c(c1)OCO2. The molecule has 0 radical (unpaired) electrons. The molecule has 3 aromatic rings. The van der Waals surface area contributed by atoms with Crippen molar-refractivity contribution in [2.75, 3.05) is 18.7 Å². The van der Waals surface area contributed by atoms with Crippen LogP contribution in [0.15, 0.2) is 52.5 Å². The molecule has 0 spiro atoms. The number of rotatable bonds is 5. The minimum atomic E-state index is -0.800. The number of hydrogen-bond donors (Lipinski definition) is 3. The molecule has 0 aliphatic carbocycles. The quantitative estimate of drug-likeness (QED) is 0.636. The van der Waals surface area contributed by atoms with Crippen LogP contribution < -0.4 is 20.1 Å². The molecule has 0 saturated heterocycles. The molecule has 0 bridgehead atoms. The van der Waals surface area contributed by atoms with Gasteiger partial charge < -0.3 is 29.6 Å². The highest BCUT2D eigenvalue weighted by Crippen LogP contribution is 2.34. The van der Waals surface area contributed by atoms with Gasteiger partial charge in [0, 0.05) is 27.6 Å². The highest BCUT2D eigenvalue weighted by atomic mass is 32.1. The summed E-state index contributed by atoms with van der Waals surface area (Å²) in [7, 11) is 0. The lowest BCUT2D eigenvalue weighted by molar-refractivity contribution is 0.174. The minimum absolute atomic E-state index is 0.0918. The third-order valence-corrected chi connectivity index (χ3v) is 4.87. The second-order valence-corrected chi connectivity index (χ2v) is 6.58. The number of benzene rings is 1. The number of carbonyl (C=O) groups excluding carboxylic acids is 1. The van der Waals surface area contributed by atoms with E-state index in [1.165, 1.54) is 11.3 Å². The van der Waals surface area contributed by atoms with Crippen molar-refractivity contribution >= 4 is 23.1 Å². The van der Waals surface area contributed by atoms with E-state index >= 15 is 0 Å². The molecule has 7 nitrogen and oxygen atoms in total. The van der Waals surface area contributed by atoms with Crippen LogP contribution in [0, 0.1) is 0 Å². The number of carbonyl (C=O) groups is 1. The van der Waals surface area contributed by atoms with Gasteiger partial charge in [-0.25, -0.2) is 4.79 Å². The number of hydrogen-bond acceptors (Lipinski definition) is 6. The molecule has 8 heteroatoms. The number of fused-ring (bicyclic) bond motifs is 1. The monoisotopic (exact) mass is 372 g/mol. The van der Waals surface area contributed by atoms with E-state index in [4.69, 9.17) is 13.9 Å². The number of thiophene rings is 1. The molecule has 134 valence electrons. The molecule has 4 rings (SSSR count). The van der Waals surface area contributed by atoms with Crippen LogP contribution >= 0.6 is 11.3 Å². The minimum Gasteiger partial charge on any atom is -0.464 e. The molecule has 1 unspecified atom stereocenters. The molecule has 26 heavy (non-hydrogen) atoms. The van der Waals surface area contributed by atoms with Crippen molar-refractivity contribution in [2.45, 2.75) is 6.10 Å². The molecular formula is C18H16N2O5S. The summed E-state index contributed by atoms with van der Waals surface area (Å²) in [6, 6.07) is 10.2. The molecule has 1 atom stereocenters. The second kappa shape index (κ2) is 7.11. The number of amides is 2. The topological polar surface area (TPSA) is 93.0 Å². The number of nitrogens with one attached hydrogen (secondary N) is 2. The molecule has 1 aliphatic heterocycles. The van der Waals surface area contributed by atoms with Gasteiger partial charge in [-0.3, -0.25) is 0 Å². The zero-order chi connectivity index (χ0) is 17.9. The summed E-state index contributed by atoms with van der Waals surface area (Å²) in [6.45, 7) is 0.270. The van der Waals surface area contributed by atoms with Crippen molar-refractivity contribution in [3.8, 4) is 22.8 Å². The Morgan fingerprint density at radius 1 is 1.23 bits per heavy atom. The average molecular weight is 372 g/mol. The van der Waals surface area contributed by atoms with Crippen LogP contribution in [-0.2, 0) is 0 Å². The van der Waals surface area contributed by atoms with E-state index in [1.54, 1.807) is 24.5 Å². The molecule has 3 heterocycles. The molecule has 0 saturated carbocycles. The second-order valence-electron chi connectivity index (χ2n) is 5.63. The Kier molecular flexibility index (Phi) is 4.51. The van der Waals surface area contributed by atoms with Crippen molar-refractivity contribution in [1.29, 1.82) is 0 Å². The van der Waals surface area contributed by atoms with Crippen molar-refractivity contribution < 1.29 is 23.8 Å². The molecule has 0 fully saturated rings. The predicted molar refractivity (Wildman–Crippen MR) is 96.6 cm³/mol. The van der Waals surface area contributed by atoms with Gasteiger partial charge in [-0.15, -0.1) is 11.3 Å². The normalized spacial score (nSPS) is 13.4. The van der Waals surface area contributed by atoms with E-state index in [2.05, 4.69) is 10.6 Å². The maximum Gasteiger partial charge on any atom is 0.319 e. The first kappa shape index (κ1) is 16.5. The summed E-state index contributed by atoms with van der Waals surface area (Å²) in [5, 5.41) is 17.5. The lowest BCUT2D eigenvalue weighted by Crippen LogP contribution is -2.32. The Labute approximate surface area is 153 Å². The third kappa shape index (κ3) is 3.51. The van der Waals surface area contributed by atoms with Crippen LogP contribution in [0.25, 0.3) is 11.3 Å². The number of urea groups is 1. The summed E-state index contributed by atoms with van der Waals surface area (Å²) >= 11 is 1.41. The van der Waals surface area contributed by atoms with Crippen LogP contribution in [0.2, 0.25) is 0 Å². The van der Waals surface area contributed by atoms with Gasteiger partial charge in [-0.1, -0.05) is 0 Å². The first-order chi connectivity index (χ1) is 12.7. The van der Waals surface area contributed by atoms with E-state index < -0.39 is 12.1 Å². The number of anilines is 1. The van der Waals surface area contributed by atoms with Gasteiger partial charge in [0.2, 0.25) is 6.79 Å². The van der Waals surface area contributed by atoms with Crippen LogP contribution in [-0.4, -0.2) is 24.5 Å². The van der Waals surface area contributed by atoms with E-state index in [9.17, 15) is 9.90 Å². The van der Waals surface area contributed by atoms with Gasteiger partial charge in [0.05, 0.1) is 12.8 Å². The Morgan fingerprint density at radius 2 is 2.12 bits per heavy atom. The Balaban J connectivity index is 1.31. The largest absolute Gasteiger partial charge is 0.464 e. The van der Waals surface area contributed by atoms with E-state index in [-0.39, 0.29) is 13.3 Å². The summed E-state index contributed by atoms with van der Waals surface area (Å²) < 4.78 is 15.8. The highest BCUT2D eigenvalue weighted by Gasteiger charge is 2.16. The smallest absolute Gasteiger partial charge is 0.319 e. The molecule has 1 aliphatic rings. The Hall–Kier alpha value is -2.97. The number of aliphatic hydroxyl groups excluding tert-OH is 1. The Morgan fingerprint density at radius 3 is 2.96 bits per heavy atom. The van der Waals surface area contributed by atoms with E-state index in [0.29, 0.717) is 17.2 Å². The van der Waals surface area contributed by atoms with Crippen molar-refractivity contribution in [1.82, 2.24) is 5.32 Å². The average Bonchev–Trinajstić information content (AvgIpc) is 3.39. The van der Waals surface area contributed by atoms with Crippen molar-refractivity contribution in [3.63, 3.8) is 0 Å². The standard InChI is InChI=1S/C18H16N2O5S/c21-13(17-6-11(9-26-17)14-2-1-5-23-14)8-19-18(22)20-12-3-4-15-16(7-12)25-10-24-15/h1-7,9,13,21H,8,10H2,(H2,19,20,22). The van der Waals surface area contributed by atoms with Gasteiger partial charge in [0.15, 0.2) is 11.5 Å². The third-order valence-electron chi connectivity index (χ3n) is 3.84. The maximum absolute atomic E-state index is 12.0. The first-order valence-corrected chi connectivity index (χ1v) is 8.82. The van der Waals surface area contributed by atoms with E-state index in [0.717, 1.165) is 16.2 Å². The summed E-state index contributed by atoms with van der Waals surface area (Å²) in [6.07, 6.45) is 0.803. The van der Waals surface area contributed by atoms with Crippen LogP contribution in [0.1, 0.15) is 11.0 Å². The Bertz CT molecular complexity index is 906. The fourth-order valence-electron chi connectivity index (χ4n) is 2.54. The summed E-state index contributed by atoms with van der Waals surface area (Å²) in [5.74, 6) is 1.98. The van der Waals surface area contributed by atoms with Gasteiger partial charge in [-0.2, -0.15) is 0 Å². The molecule has 2 amide bonds.